The van der Waals surface area contributed by atoms with E-state index in [0.29, 0.717) is 109 Å². The van der Waals surface area contributed by atoms with Crippen LogP contribution in [0.3, 0.4) is 0 Å². The molecule has 9 N–H and O–H groups in total. The molecule has 0 fully saturated rings. The number of nitrogens with zero attached hydrogens (tertiary/aromatic N) is 5. The lowest BCUT2D eigenvalue weighted by Gasteiger charge is -2.33. The lowest BCUT2D eigenvalue weighted by atomic mass is 9.85. The Morgan fingerprint density at radius 1 is 0.314 bits per heavy atom. The van der Waals surface area contributed by atoms with Gasteiger partial charge in [-0.1, -0.05) is 106 Å². The predicted octanol–water partition coefficient (Wildman–Crippen LogP) is 5.83. The smallest absolute Gasteiger partial charge is 0.240 e. The molecule has 3 heterocycles. The Morgan fingerprint density at radius 3 is 0.779 bits per heavy atom. The topological polar surface area (TPSA) is 426 Å². The predicted molar refractivity (Wildman–Crippen MR) is 534 cm³/mol. The van der Waals surface area contributed by atoms with E-state index in [1.165, 1.54) is 0 Å². The molecule has 3 aliphatic heterocycles. The highest BCUT2D eigenvalue weighted by atomic mass is 35.5. The maximum absolute atomic E-state index is 13.4. The summed E-state index contributed by atoms with van der Waals surface area (Å²) in [5.41, 5.74) is 13.7. The minimum Gasteiger partial charge on any atom is -0.378 e. The average molecular weight is 2140 g/mol. The third-order valence-corrected chi connectivity index (χ3v) is 28.3. The maximum Gasteiger partial charge on any atom is 0.240 e. The van der Waals surface area contributed by atoms with Gasteiger partial charge in [0.25, 0.3) is 0 Å². The first-order valence-electron chi connectivity index (χ1n) is 46.6. The Labute approximate surface area is 852 Å². The van der Waals surface area contributed by atoms with Crippen LogP contribution >= 0.6 is 69.6 Å². The van der Waals surface area contributed by atoms with Crippen molar-refractivity contribution in [1.29, 1.82) is 0 Å². The molecule has 0 bridgehead atoms. The number of amides is 4. The minimum atomic E-state index is -3.87. The van der Waals surface area contributed by atoms with Gasteiger partial charge in [0, 0.05) is 153 Å². The van der Waals surface area contributed by atoms with E-state index in [2.05, 4.69) is 50.1 Å². The van der Waals surface area contributed by atoms with E-state index < -0.39 is 30.1 Å². The Morgan fingerprint density at radius 2 is 0.536 bits per heavy atom. The highest BCUT2D eigenvalue weighted by Gasteiger charge is 2.33. The van der Waals surface area contributed by atoms with Crippen LogP contribution in [0.25, 0.3) is 0 Å². The lowest BCUT2D eigenvalue weighted by Crippen LogP contribution is -2.45. The summed E-state index contributed by atoms with van der Waals surface area (Å²) in [5, 5.41) is 14.6. The Hall–Kier alpha value is -6.13. The van der Waals surface area contributed by atoms with Gasteiger partial charge < -0.3 is 108 Å². The molecule has 3 atom stereocenters. The van der Waals surface area contributed by atoms with Crippen LogP contribution in [0.4, 0.5) is 0 Å². The first-order chi connectivity index (χ1) is 67.6. The summed E-state index contributed by atoms with van der Waals surface area (Å²) in [6.07, 6.45) is 0. The molecule has 3 aliphatic rings. The summed E-state index contributed by atoms with van der Waals surface area (Å²) < 4.78 is 167. The number of halogens is 6. The lowest BCUT2D eigenvalue weighted by molar-refractivity contribution is -0.127. The first-order valence-corrected chi connectivity index (χ1v) is 53.4. The molecule has 6 aromatic carbocycles. The Kier molecular flexibility index (Phi) is 54.3. The molecular formula is C94H135Cl6N13O24S3. The third-order valence-electron chi connectivity index (χ3n) is 22.3. The van der Waals surface area contributed by atoms with Crippen LogP contribution < -0.4 is 41.2 Å². The second-order valence-electron chi connectivity index (χ2n) is 33.2. The average Bonchev–Trinajstić information content (AvgIpc) is 0.779. The zero-order chi connectivity index (χ0) is 100. The van der Waals surface area contributed by atoms with Gasteiger partial charge in [0.1, 0.15) is 0 Å². The number of ether oxygens (including phenoxy) is 14. The molecule has 140 heavy (non-hydrogen) atoms. The second-order valence-corrected chi connectivity index (χ2v) is 41.0. The Balaban J connectivity index is 0.646. The highest BCUT2D eigenvalue weighted by Crippen LogP contribution is 2.42. The zero-order valence-electron chi connectivity index (χ0n) is 79.7. The number of sulfonamides is 3. The van der Waals surface area contributed by atoms with Gasteiger partial charge >= 0.3 is 0 Å². The molecule has 0 unspecified atom stereocenters. The number of carbonyl (C=O) groups is 4. The van der Waals surface area contributed by atoms with Crippen molar-refractivity contribution in [1.82, 2.24) is 59.9 Å². The summed E-state index contributed by atoms with van der Waals surface area (Å²) >= 11 is 38.9. The number of hydrogen-bond acceptors (Lipinski definition) is 30. The van der Waals surface area contributed by atoms with Gasteiger partial charge in [-0.3, -0.25) is 29.0 Å². The van der Waals surface area contributed by atoms with Crippen LogP contribution in [0.5, 0.6) is 0 Å². The molecule has 46 heteroatoms. The summed E-state index contributed by atoms with van der Waals surface area (Å²) in [7, 11) is -5.63. The van der Waals surface area contributed by atoms with Crippen molar-refractivity contribution in [2.24, 2.45) is 5.73 Å². The zero-order valence-corrected chi connectivity index (χ0v) is 86.7. The van der Waals surface area contributed by atoms with Gasteiger partial charge in [0.2, 0.25) is 53.7 Å². The monoisotopic (exact) mass is 2140 g/mol. The number of benzene rings is 6. The fraction of sp³-hybridized carbons (Fsp3) is 0.574. The van der Waals surface area contributed by atoms with E-state index in [0.717, 1.165) is 50.1 Å². The molecule has 4 amide bonds. The third kappa shape index (κ3) is 43.1. The standard InChI is InChI=1S/C94H135Cl6N13O24S3/c1-109-60-82(79-54-73(95)57-88(98)85(79)63-109)70-7-4-10-76(51-70)138(118,119)106-18-28-129-38-48-135-45-35-126-25-15-103-92(115)67-112(66-91(114)102-14-24-125-34-44-134-43-33-124-23-13-101)21-31-132-41-42-133-32-22-113(68-93(116)104-16-26-127-36-46-136-49-39-130-29-19-107-139(120,121)77-11-5-8-71(52-77)83-61-110(2)64-86-80(83)55-74(96)58-89(86)99)69-94(117)105-17-27-128-37-47-137-50-40-131-30-20-108-140(122,123)78-12-6-9-72(53-78)84-62-111(3)65-87-81(84)56-75(97)59-90(87)100/h4-12,51-59,82-84,106-108H,13-50,60-69,101H2,1-3H3,(H,102,114)(H,103,115)(H,104,116)(H,105,117)/t82-,83-,84-/m0/s1. The fourth-order valence-electron chi connectivity index (χ4n) is 15.6. The molecule has 0 aliphatic carbocycles. The number of nitrogens with one attached hydrogen (secondary N) is 7. The van der Waals surface area contributed by atoms with Crippen molar-refractivity contribution < 1.29 is 111 Å². The summed E-state index contributed by atoms with van der Waals surface area (Å²) in [6.45, 7) is 11.0. The van der Waals surface area contributed by atoms with Crippen molar-refractivity contribution in [2.45, 2.75) is 52.1 Å². The van der Waals surface area contributed by atoms with Crippen molar-refractivity contribution in [3.63, 3.8) is 0 Å². The first kappa shape index (κ1) is 117. The molecule has 0 saturated heterocycles. The van der Waals surface area contributed by atoms with Gasteiger partial charge in [-0.25, -0.2) is 39.4 Å². The van der Waals surface area contributed by atoms with E-state index in [1.54, 1.807) is 82.6 Å². The highest BCUT2D eigenvalue weighted by molar-refractivity contribution is 7.90. The van der Waals surface area contributed by atoms with Crippen molar-refractivity contribution in [3.05, 3.63) is 189 Å². The van der Waals surface area contributed by atoms with Gasteiger partial charge in [-0.2, -0.15) is 0 Å². The molecule has 0 spiro atoms. The fourth-order valence-corrected chi connectivity index (χ4v) is 20.5. The summed E-state index contributed by atoms with van der Waals surface area (Å²) in [4.78, 5) is 63.3. The van der Waals surface area contributed by atoms with Crippen LogP contribution in [-0.2, 0) is 135 Å². The van der Waals surface area contributed by atoms with Crippen molar-refractivity contribution in [3.8, 4) is 0 Å². The number of rotatable bonds is 73. The molecule has 6 aromatic rings. The SMILES string of the molecule is CN1Cc2c(Cl)cc(Cl)cc2[C@H](c2cccc(S(=O)(=O)NCCOCCOCCOCCNC(=O)CN(CCOCCOCCN(CC(=O)NCCOCCOCCOCCNS(=O)(=O)c3cccc([C@@H]4CN(C)Cc5c(Cl)cc(Cl)cc54)c3)CC(=O)NCCOCCOCCOCCNS(=O)(=O)c3cccc([C@@H]4CN(C)Cc5c(Cl)cc(Cl)cc54)c3)CC(=O)NCCOCCOCCOCCN)c2)C1. The summed E-state index contributed by atoms with van der Waals surface area (Å²) in [6, 6.07) is 31.4. The van der Waals surface area contributed by atoms with Crippen LogP contribution in [-0.4, -0.2) is 391 Å². The van der Waals surface area contributed by atoms with E-state index in [9.17, 15) is 44.4 Å². The van der Waals surface area contributed by atoms with Crippen LogP contribution in [0.1, 0.15) is 67.8 Å². The molecule has 0 radical (unpaired) electrons. The van der Waals surface area contributed by atoms with Gasteiger partial charge in [0.15, 0.2) is 0 Å². The number of carbonyl (C=O) groups excluding carboxylic acids is 4. The van der Waals surface area contributed by atoms with E-state index in [1.807, 2.05) is 57.5 Å². The molecule has 9 rings (SSSR count). The maximum atomic E-state index is 13.4. The number of fused-ring (bicyclic) bond motifs is 3. The van der Waals surface area contributed by atoms with Crippen LogP contribution in [0.15, 0.2) is 124 Å². The van der Waals surface area contributed by atoms with E-state index in [-0.39, 0.29) is 293 Å². The summed E-state index contributed by atoms with van der Waals surface area (Å²) in [5.74, 6) is -1.86. The molecule has 780 valence electrons. The van der Waals surface area contributed by atoms with Crippen LogP contribution in [0.2, 0.25) is 30.1 Å². The Bertz CT molecular complexity index is 4960. The number of hydrogen-bond donors (Lipinski definition) is 8. The molecule has 0 saturated carbocycles. The molecular weight excluding hydrogens is 2000 g/mol. The number of likely N-dealkylation sites (N-methyl/N-ethyl adjacent to an activating group) is 3. The largest absolute Gasteiger partial charge is 0.378 e. The number of nitrogens with two attached hydrogens (primary N) is 1. The van der Waals surface area contributed by atoms with Gasteiger partial charge in [0.05, 0.1) is 226 Å². The second kappa shape index (κ2) is 64.8. The van der Waals surface area contributed by atoms with E-state index in [4.69, 9.17) is 142 Å². The van der Waals surface area contributed by atoms with Gasteiger partial charge in [-0.05, 0) is 144 Å². The quantitative estimate of drug-likeness (QED) is 0.0208. The minimum absolute atomic E-state index is 0.0341. The molecule has 37 nitrogen and oxygen atoms in total. The van der Waals surface area contributed by atoms with Gasteiger partial charge in [-0.15, -0.1) is 0 Å². The van der Waals surface area contributed by atoms with Crippen LogP contribution in [0, 0.1) is 0 Å². The normalized spacial score (nSPS) is 15.4. The van der Waals surface area contributed by atoms with Crippen molar-refractivity contribution in [2.75, 3.05) is 317 Å². The van der Waals surface area contributed by atoms with Crippen molar-refractivity contribution >= 4 is 123 Å². The van der Waals surface area contributed by atoms with E-state index >= 15 is 0 Å². The molecule has 0 aromatic heterocycles.